The van der Waals surface area contributed by atoms with Crippen LogP contribution in [0.3, 0.4) is 0 Å². The van der Waals surface area contributed by atoms with E-state index in [9.17, 15) is 137 Å². The Morgan fingerprint density at radius 3 is 1.15 bits per heavy atom. The van der Waals surface area contributed by atoms with E-state index >= 15 is 0 Å². The number of nitrogens with one attached hydrogen (secondary N) is 1. The summed E-state index contributed by atoms with van der Waals surface area (Å²) >= 11 is 0. The van der Waals surface area contributed by atoms with Gasteiger partial charge in [0.25, 0.3) is 5.67 Å². The van der Waals surface area contributed by atoms with E-state index in [4.69, 9.17) is 0 Å². The zero-order chi connectivity index (χ0) is 52.7. The summed E-state index contributed by atoms with van der Waals surface area (Å²) in [5.41, 5.74) is -7.14. The van der Waals surface area contributed by atoms with Crippen LogP contribution in [0.25, 0.3) is 0 Å². The Kier molecular flexibility index (Phi) is 17.3. The molecule has 0 aromatic carbocycles. The van der Waals surface area contributed by atoms with Gasteiger partial charge >= 0.3 is 96.8 Å². The Labute approximate surface area is 338 Å². The fraction of sp³-hybridized carbons (Fsp3) is 0.808. The van der Waals surface area contributed by atoms with Gasteiger partial charge in [0, 0.05) is 5.57 Å². The minimum absolute atomic E-state index is 0.158. The largest absolute Gasteiger partial charge is 0.460 e. The quantitative estimate of drug-likeness (QED) is 0.0415. The van der Waals surface area contributed by atoms with Gasteiger partial charge in [-0.05, 0) is 20.8 Å². The first-order valence-corrected chi connectivity index (χ1v) is 15.2. The number of alkyl halides is 28. The topological polar surface area (TPSA) is 128 Å². The molecule has 1 N–H and O–H groups in total. The van der Waals surface area contributed by atoms with Crippen LogP contribution < -0.4 is 5.32 Å². The van der Waals surface area contributed by atoms with Crippen LogP contribution in [0.15, 0.2) is 12.2 Å². The molecule has 0 aliphatic rings. The molecule has 0 aromatic heterocycles. The number of carbonyl (C=O) groups is 3. The second kappa shape index (κ2) is 18.5. The number of amides is 1. The van der Waals surface area contributed by atoms with Gasteiger partial charge in [0.2, 0.25) is 0 Å². The molecule has 1 amide bonds. The Hall–Kier alpha value is -4.17. The predicted octanol–water partition coefficient (Wildman–Crippen LogP) is 9.40. The van der Waals surface area contributed by atoms with Gasteiger partial charge < -0.3 is 19.5 Å². The van der Waals surface area contributed by atoms with Gasteiger partial charge in [-0.1, -0.05) is 6.58 Å². The average molecular weight is 1040 g/mol. The molecule has 0 saturated heterocycles. The Bertz CT molecular complexity index is 1710. The van der Waals surface area contributed by atoms with E-state index in [1.54, 1.807) is 10.1 Å². The molecular formula is C26H19F28NO10. The van der Waals surface area contributed by atoms with Gasteiger partial charge in [0.1, 0.15) is 19.3 Å². The number of esters is 2. The molecule has 0 rings (SSSR count). The highest BCUT2D eigenvalue weighted by Gasteiger charge is 2.90. The van der Waals surface area contributed by atoms with Crippen molar-refractivity contribution in [1.82, 2.24) is 5.32 Å². The molecule has 11 nitrogen and oxygen atoms in total. The van der Waals surface area contributed by atoms with E-state index in [1.807, 2.05) is 0 Å². The highest BCUT2D eigenvalue weighted by molar-refractivity contribution is 5.86. The Morgan fingerprint density at radius 1 is 0.508 bits per heavy atom. The molecular weight excluding hydrogens is 1020 g/mol. The number of alkyl carbamates (subject to hydrolysis) is 1. The molecule has 0 bridgehead atoms. The van der Waals surface area contributed by atoms with Crippen molar-refractivity contribution in [2.45, 2.75) is 111 Å². The van der Waals surface area contributed by atoms with Crippen molar-refractivity contribution in [3.05, 3.63) is 12.2 Å². The van der Waals surface area contributed by atoms with E-state index in [0.29, 0.717) is 0 Å². The van der Waals surface area contributed by atoms with Crippen molar-refractivity contribution in [2.75, 3.05) is 19.8 Å². The summed E-state index contributed by atoms with van der Waals surface area (Å²) in [4.78, 5) is 34.7. The summed E-state index contributed by atoms with van der Waals surface area (Å²) < 4.78 is 403. The molecule has 6 atom stereocenters. The molecule has 0 saturated carbocycles. The smallest absolute Gasteiger partial charge is 0.460 e. The predicted molar refractivity (Wildman–Crippen MR) is 140 cm³/mol. The second-order valence-corrected chi connectivity index (χ2v) is 12.0. The highest BCUT2D eigenvalue weighted by Crippen LogP contribution is 2.61. The number of ether oxygens (including phenoxy) is 7. The molecule has 384 valence electrons. The van der Waals surface area contributed by atoms with Gasteiger partial charge in [-0.15, -0.1) is 0 Å². The third kappa shape index (κ3) is 12.4. The average Bonchev–Trinajstić information content (AvgIpc) is 3.05. The third-order valence-corrected chi connectivity index (χ3v) is 6.71. The molecule has 0 fully saturated rings. The fourth-order valence-corrected chi connectivity index (χ4v) is 3.18. The van der Waals surface area contributed by atoms with Crippen molar-refractivity contribution in [2.24, 2.45) is 0 Å². The summed E-state index contributed by atoms with van der Waals surface area (Å²) in [6.07, 6.45) is -80.9. The van der Waals surface area contributed by atoms with Crippen LogP contribution in [0, 0.1) is 0 Å². The van der Waals surface area contributed by atoms with Crippen molar-refractivity contribution in [3.63, 3.8) is 0 Å². The highest BCUT2D eigenvalue weighted by atomic mass is 19.4. The maximum Gasteiger partial charge on any atom is 0.460 e. The maximum atomic E-state index is 14.9. The minimum atomic E-state index is -9.24. The van der Waals surface area contributed by atoms with Gasteiger partial charge in [-0.2, -0.15) is 119 Å². The first kappa shape index (κ1) is 60.8. The van der Waals surface area contributed by atoms with Crippen LogP contribution in [0.4, 0.5) is 128 Å². The zero-order valence-electron chi connectivity index (χ0n) is 30.6. The molecule has 0 radical (unpaired) electrons. The lowest BCUT2D eigenvalue weighted by atomic mass is 10.1. The Balaban J connectivity index is 7.22. The number of hydrogen-bond donors (Lipinski definition) is 1. The molecule has 65 heavy (non-hydrogen) atoms. The first-order valence-electron chi connectivity index (χ1n) is 15.2. The lowest BCUT2D eigenvalue weighted by molar-refractivity contribution is -0.590. The van der Waals surface area contributed by atoms with Gasteiger partial charge in [-0.3, -0.25) is 18.9 Å². The van der Waals surface area contributed by atoms with Crippen LogP contribution in [0.2, 0.25) is 0 Å². The number of rotatable bonds is 20. The molecule has 0 aliphatic heterocycles. The summed E-state index contributed by atoms with van der Waals surface area (Å²) in [6, 6.07) is 0. The molecule has 0 spiro atoms. The minimum Gasteiger partial charge on any atom is -0.460 e. The van der Waals surface area contributed by atoms with E-state index in [1.165, 1.54) is 4.74 Å². The summed E-state index contributed by atoms with van der Waals surface area (Å²) in [5, 5.41) is 1.67. The van der Waals surface area contributed by atoms with Crippen LogP contribution in [-0.4, -0.2) is 128 Å². The van der Waals surface area contributed by atoms with Crippen molar-refractivity contribution < 1.29 is 170 Å². The third-order valence-electron chi connectivity index (χ3n) is 6.71. The van der Waals surface area contributed by atoms with Gasteiger partial charge in [-0.25, -0.2) is 18.8 Å². The number of halogens is 28. The lowest BCUT2D eigenvalue weighted by Crippen LogP contribution is -2.72. The molecule has 0 heterocycles. The normalized spacial score (nSPS) is 19.3. The fourth-order valence-electron chi connectivity index (χ4n) is 3.18. The summed E-state index contributed by atoms with van der Waals surface area (Å²) in [5.74, 6) is -39.9. The SMILES string of the molecule is C=C(C)C(=O)OCCNC(=O)OCC(C)OC(=O)C(F)(OC(F)(F)C(F)(OC(F)(F)C(F)(OC(F)(F)C(F)(OC(F)(F)C(C)(F)C(F)(F)F)C(F)(F)F)C(F)(F)F)C(F)(F)F)C(F)(F)F. The molecule has 0 aliphatic carbocycles. The van der Waals surface area contributed by atoms with Crippen molar-refractivity contribution >= 4 is 18.0 Å². The Morgan fingerprint density at radius 2 is 0.846 bits per heavy atom. The van der Waals surface area contributed by atoms with Crippen LogP contribution >= 0.6 is 0 Å². The number of hydrogen-bond acceptors (Lipinski definition) is 10. The van der Waals surface area contributed by atoms with Gasteiger partial charge in [0.15, 0.2) is 0 Å². The summed E-state index contributed by atoms with van der Waals surface area (Å²) in [7, 11) is 0. The molecule has 0 aromatic rings. The molecule has 39 heteroatoms. The van der Waals surface area contributed by atoms with Crippen LogP contribution in [-0.2, 0) is 42.7 Å². The van der Waals surface area contributed by atoms with E-state index in [0.717, 1.165) is 16.4 Å². The van der Waals surface area contributed by atoms with Crippen LogP contribution in [0.5, 0.6) is 0 Å². The maximum absolute atomic E-state index is 14.9. The van der Waals surface area contributed by atoms with E-state index in [2.05, 4.69) is 20.8 Å². The van der Waals surface area contributed by atoms with Crippen LogP contribution in [0.1, 0.15) is 20.8 Å². The molecule has 6 unspecified atom stereocenters. The number of carbonyl (C=O) groups excluding carboxylic acids is 3. The first-order chi connectivity index (χ1) is 28.1. The van der Waals surface area contributed by atoms with E-state index in [-0.39, 0.29) is 12.5 Å². The second-order valence-electron chi connectivity index (χ2n) is 12.0. The standard InChI is InChI=1S/C26H19F28NO10/c1-8(2)10(56)59-6-5-55-12(58)60-7-9(3)61-11(57)14(28,19(35,36)37)62-24(49,50)15(29,20(38,39)40)64-26(53,54)17(31,22(44,45)46)65-25(51,52)16(30,21(41,42)43)63-23(47,48)13(4,27)18(32,33)34/h9H,1,5-7H2,2-4H3,(H,55,58). The monoisotopic (exact) mass is 1040 g/mol. The van der Waals surface area contributed by atoms with E-state index < -0.39 is 135 Å². The lowest BCUT2D eigenvalue weighted by Gasteiger charge is -2.44. The van der Waals surface area contributed by atoms with Crippen molar-refractivity contribution in [3.8, 4) is 0 Å². The zero-order valence-corrected chi connectivity index (χ0v) is 30.6. The van der Waals surface area contributed by atoms with Gasteiger partial charge in [0.05, 0.1) is 6.54 Å². The summed E-state index contributed by atoms with van der Waals surface area (Å²) in [6.45, 7) is -0.359. The van der Waals surface area contributed by atoms with Crippen molar-refractivity contribution in [1.29, 1.82) is 0 Å².